The SMILES string of the molecule is Cc1ccc(S(=O)(=O)NC(C(N)=NO)C2CC2)cc1C. The van der Waals surface area contributed by atoms with E-state index in [4.69, 9.17) is 10.9 Å². The zero-order valence-electron chi connectivity index (χ0n) is 11.5. The Labute approximate surface area is 118 Å². The van der Waals surface area contributed by atoms with Crippen molar-refractivity contribution in [3.8, 4) is 0 Å². The highest BCUT2D eigenvalue weighted by Gasteiger charge is 2.37. The van der Waals surface area contributed by atoms with Gasteiger partial charge in [0.2, 0.25) is 10.0 Å². The van der Waals surface area contributed by atoms with Gasteiger partial charge in [-0.25, -0.2) is 13.1 Å². The molecule has 20 heavy (non-hydrogen) atoms. The Hall–Kier alpha value is -1.60. The fraction of sp³-hybridized carbons (Fsp3) is 0.462. The van der Waals surface area contributed by atoms with Crippen molar-refractivity contribution in [2.45, 2.75) is 37.6 Å². The first-order chi connectivity index (χ1) is 9.35. The van der Waals surface area contributed by atoms with Crippen LogP contribution in [0.2, 0.25) is 0 Å². The van der Waals surface area contributed by atoms with E-state index in [9.17, 15) is 8.42 Å². The molecule has 0 saturated heterocycles. The molecule has 1 aromatic rings. The van der Waals surface area contributed by atoms with Crippen molar-refractivity contribution in [1.29, 1.82) is 0 Å². The molecule has 0 aromatic heterocycles. The number of hydrogen-bond donors (Lipinski definition) is 3. The predicted octanol–water partition coefficient (Wildman–Crippen LogP) is 1.11. The lowest BCUT2D eigenvalue weighted by atomic mass is 10.1. The summed E-state index contributed by atoms with van der Waals surface area (Å²) in [6.45, 7) is 3.78. The molecule has 4 N–H and O–H groups in total. The molecule has 1 atom stereocenters. The maximum Gasteiger partial charge on any atom is 0.241 e. The molecule has 0 aliphatic heterocycles. The smallest absolute Gasteiger partial charge is 0.241 e. The van der Waals surface area contributed by atoms with E-state index in [2.05, 4.69) is 9.88 Å². The van der Waals surface area contributed by atoms with E-state index in [0.717, 1.165) is 24.0 Å². The molecule has 6 nitrogen and oxygen atoms in total. The Kier molecular flexibility index (Phi) is 4.01. The molecule has 0 heterocycles. The van der Waals surface area contributed by atoms with Crippen LogP contribution in [0.15, 0.2) is 28.3 Å². The maximum atomic E-state index is 12.4. The first-order valence-electron chi connectivity index (χ1n) is 6.42. The van der Waals surface area contributed by atoms with Gasteiger partial charge in [0, 0.05) is 0 Å². The van der Waals surface area contributed by atoms with Crippen LogP contribution in [0.1, 0.15) is 24.0 Å². The normalized spacial score (nSPS) is 18.0. The summed E-state index contributed by atoms with van der Waals surface area (Å²) in [5.41, 5.74) is 7.50. The first-order valence-corrected chi connectivity index (χ1v) is 7.90. The molecule has 1 aliphatic rings. The molecule has 1 fully saturated rings. The largest absolute Gasteiger partial charge is 0.409 e. The monoisotopic (exact) mass is 297 g/mol. The van der Waals surface area contributed by atoms with Crippen LogP contribution in [0.4, 0.5) is 0 Å². The number of oxime groups is 1. The van der Waals surface area contributed by atoms with Gasteiger partial charge in [0.15, 0.2) is 5.84 Å². The second kappa shape index (κ2) is 5.41. The molecule has 1 aromatic carbocycles. The summed E-state index contributed by atoms with van der Waals surface area (Å²) in [5, 5.41) is 11.7. The zero-order valence-corrected chi connectivity index (χ0v) is 12.3. The quantitative estimate of drug-likeness (QED) is 0.327. The van der Waals surface area contributed by atoms with Gasteiger partial charge in [-0.1, -0.05) is 11.2 Å². The Morgan fingerprint density at radius 3 is 2.55 bits per heavy atom. The summed E-state index contributed by atoms with van der Waals surface area (Å²) in [5.74, 6) is 0.00660. The number of nitrogens with one attached hydrogen (secondary N) is 1. The summed E-state index contributed by atoms with van der Waals surface area (Å²) in [6, 6.07) is 4.29. The van der Waals surface area contributed by atoms with Crippen LogP contribution in [-0.2, 0) is 10.0 Å². The van der Waals surface area contributed by atoms with Crippen molar-refractivity contribution >= 4 is 15.9 Å². The topological polar surface area (TPSA) is 105 Å². The number of hydrogen-bond acceptors (Lipinski definition) is 4. The van der Waals surface area contributed by atoms with E-state index in [0.29, 0.717) is 0 Å². The van der Waals surface area contributed by atoms with Crippen molar-refractivity contribution in [1.82, 2.24) is 4.72 Å². The fourth-order valence-electron chi connectivity index (χ4n) is 2.01. The maximum absolute atomic E-state index is 12.4. The average molecular weight is 297 g/mol. The van der Waals surface area contributed by atoms with E-state index >= 15 is 0 Å². The molecule has 1 aliphatic carbocycles. The van der Waals surface area contributed by atoms with Crippen molar-refractivity contribution in [2.75, 3.05) is 0 Å². The van der Waals surface area contributed by atoms with E-state index in [-0.39, 0.29) is 16.6 Å². The van der Waals surface area contributed by atoms with Crippen molar-refractivity contribution in [2.24, 2.45) is 16.8 Å². The minimum atomic E-state index is -3.68. The molecular formula is C13H19N3O3S. The third-order valence-corrected chi connectivity index (χ3v) is 5.04. The van der Waals surface area contributed by atoms with Crippen LogP contribution in [-0.4, -0.2) is 25.5 Å². The Bertz CT molecular complexity index is 636. The van der Waals surface area contributed by atoms with E-state index < -0.39 is 16.1 Å². The second-order valence-electron chi connectivity index (χ2n) is 5.21. The molecule has 0 radical (unpaired) electrons. The molecule has 0 spiro atoms. The minimum Gasteiger partial charge on any atom is -0.409 e. The first kappa shape index (κ1) is 14.8. The molecule has 1 unspecified atom stereocenters. The lowest BCUT2D eigenvalue weighted by Crippen LogP contribution is -2.46. The van der Waals surface area contributed by atoms with Crippen LogP contribution in [0.3, 0.4) is 0 Å². The van der Waals surface area contributed by atoms with E-state index in [1.165, 1.54) is 0 Å². The summed E-state index contributed by atoms with van der Waals surface area (Å²) in [4.78, 5) is 0.192. The standard InChI is InChI=1S/C13H19N3O3S/c1-8-3-6-11(7-9(8)2)20(18,19)16-12(10-4-5-10)13(14)15-17/h3,6-7,10,12,16-17H,4-5H2,1-2H3,(H2,14,15). The molecule has 7 heteroatoms. The van der Waals surface area contributed by atoms with Gasteiger partial charge in [-0.05, 0) is 55.9 Å². The molecule has 110 valence electrons. The van der Waals surface area contributed by atoms with E-state index in [1.54, 1.807) is 18.2 Å². The van der Waals surface area contributed by atoms with Crippen molar-refractivity contribution in [3.63, 3.8) is 0 Å². The number of benzene rings is 1. The van der Waals surface area contributed by atoms with Gasteiger partial charge in [0.25, 0.3) is 0 Å². The zero-order chi connectivity index (χ0) is 14.9. The van der Waals surface area contributed by atoms with Crippen molar-refractivity contribution < 1.29 is 13.6 Å². The van der Waals surface area contributed by atoms with Gasteiger partial charge in [-0.15, -0.1) is 0 Å². The summed E-state index contributed by atoms with van der Waals surface area (Å²) < 4.78 is 27.2. The van der Waals surface area contributed by atoms with Crippen LogP contribution < -0.4 is 10.5 Å². The summed E-state index contributed by atoms with van der Waals surface area (Å²) in [6.07, 6.45) is 1.74. The summed E-state index contributed by atoms with van der Waals surface area (Å²) in [7, 11) is -3.68. The highest BCUT2D eigenvalue weighted by molar-refractivity contribution is 7.89. The van der Waals surface area contributed by atoms with Gasteiger partial charge < -0.3 is 10.9 Å². The van der Waals surface area contributed by atoms with Crippen LogP contribution in [0.5, 0.6) is 0 Å². The molecule has 2 rings (SSSR count). The number of rotatable bonds is 5. The number of amidine groups is 1. The third-order valence-electron chi connectivity index (χ3n) is 3.60. The molecule has 1 saturated carbocycles. The molecule has 0 bridgehead atoms. The fourth-order valence-corrected chi connectivity index (χ4v) is 3.37. The van der Waals surface area contributed by atoms with E-state index in [1.807, 2.05) is 13.8 Å². The third kappa shape index (κ3) is 3.10. The van der Waals surface area contributed by atoms with Gasteiger partial charge in [0.1, 0.15) is 0 Å². The highest BCUT2D eigenvalue weighted by Crippen LogP contribution is 2.33. The second-order valence-corrected chi connectivity index (χ2v) is 6.92. The van der Waals surface area contributed by atoms with Crippen molar-refractivity contribution in [3.05, 3.63) is 29.3 Å². The minimum absolute atomic E-state index is 0.0973. The lowest BCUT2D eigenvalue weighted by molar-refractivity contribution is 0.314. The van der Waals surface area contributed by atoms with Gasteiger partial charge in [0.05, 0.1) is 10.9 Å². The van der Waals surface area contributed by atoms with Gasteiger partial charge in [-0.3, -0.25) is 0 Å². The number of nitrogens with two attached hydrogens (primary N) is 1. The predicted molar refractivity (Wildman–Crippen MR) is 76.2 cm³/mol. The van der Waals surface area contributed by atoms with Crippen LogP contribution in [0, 0.1) is 19.8 Å². The Morgan fingerprint density at radius 2 is 2.05 bits per heavy atom. The summed E-state index contributed by atoms with van der Waals surface area (Å²) >= 11 is 0. The van der Waals surface area contributed by atoms with Gasteiger partial charge >= 0.3 is 0 Å². The molecular weight excluding hydrogens is 278 g/mol. The number of sulfonamides is 1. The number of nitrogens with zero attached hydrogens (tertiary/aromatic N) is 1. The Morgan fingerprint density at radius 1 is 1.40 bits per heavy atom. The van der Waals surface area contributed by atoms with Crippen LogP contribution >= 0.6 is 0 Å². The number of aryl methyl sites for hydroxylation is 2. The highest BCUT2D eigenvalue weighted by atomic mass is 32.2. The van der Waals surface area contributed by atoms with Crippen LogP contribution in [0.25, 0.3) is 0 Å². The lowest BCUT2D eigenvalue weighted by Gasteiger charge is -2.17. The molecule has 0 amide bonds. The average Bonchev–Trinajstić information content (AvgIpc) is 3.22. The van der Waals surface area contributed by atoms with Gasteiger partial charge in [-0.2, -0.15) is 0 Å². The Balaban J connectivity index is 2.27.